The number of hydrogen-bond donors (Lipinski definition) is 2. The van der Waals surface area contributed by atoms with E-state index >= 15 is 0 Å². The number of aliphatic hydroxyl groups is 1. The minimum absolute atomic E-state index is 0.0670. The molecule has 0 amide bonds. The Bertz CT molecular complexity index is 253. The highest BCUT2D eigenvalue weighted by molar-refractivity contribution is 5.66. The molecule has 0 aromatic heterocycles. The Balaban J connectivity index is 3.09. The number of hydrogen-bond acceptors (Lipinski definition) is 2. The zero-order valence-electron chi connectivity index (χ0n) is 15.4. The van der Waals surface area contributed by atoms with Gasteiger partial charge >= 0.3 is 5.97 Å². The smallest absolute Gasteiger partial charge is 0.303 e. The molecule has 0 aliphatic rings. The normalized spacial score (nSPS) is 12.4. The Morgan fingerprint density at radius 1 is 0.696 bits per heavy atom. The van der Waals surface area contributed by atoms with E-state index in [1.54, 1.807) is 0 Å². The van der Waals surface area contributed by atoms with Crippen LogP contribution in [-0.2, 0) is 4.79 Å². The highest BCUT2D eigenvalue weighted by Gasteiger charge is 2.03. The van der Waals surface area contributed by atoms with Gasteiger partial charge in [-0.3, -0.25) is 4.79 Å². The van der Waals surface area contributed by atoms with Gasteiger partial charge in [-0.15, -0.1) is 0 Å². The van der Waals surface area contributed by atoms with Crippen LogP contribution in [0.15, 0.2) is 0 Å². The van der Waals surface area contributed by atoms with Gasteiger partial charge < -0.3 is 10.2 Å². The van der Waals surface area contributed by atoms with Crippen LogP contribution in [0.5, 0.6) is 0 Å². The summed E-state index contributed by atoms with van der Waals surface area (Å²) in [5.41, 5.74) is 0. The molecule has 23 heavy (non-hydrogen) atoms. The lowest BCUT2D eigenvalue weighted by Gasteiger charge is -2.09. The molecule has 138 valence electrons. The molecule has 0 fully saturated rings. The summed E-state index contributed by atoms with van der Waals surface area (Å²) in [5.74, 6) is -0.668. The van der Waals surface area contributed by atoms with Gasteiger partial charge in [0.2, 0.25) is 0 Å². The Morgan fingerprint density at radius 2 is 1.09 bits per heavy atom. The van der Waals surface area contributed by atoms with Crippen molar-refractivity contribution in [1.29, 1.82) is 0 Å². The molecule has 0 spiro atoms. The molecule has 0 aliphatic carbocycles. The molecule has 0 saturated carbocycles. The van der Waals surface area contributed by atoms with Crippen molar-refractivity contribution in [3.8, 4) is 0 Å². The third kappa shape index (κ3) is 19.4. The van der Waals surface area contributed by atoms with Gasteiger partial charge in [-0.05, 0) is 19.3 Å². The summed E-state index contributed by atoms with van der Waals surface area (Å²) in [6.07, 6.45) is 19.2. The SMILES string of the molecule is CCCCCC(O)CCCCCCCCCCCCCC(=O)O. The maximum absolute atomic E-state index is 10.4. The Hall–Kier alpha value is -0.570. The van der Waals surface area contributed by atoms with E-state index in [9.17, 15) is 9.90 Å². The number of rotatable bonds is 18. The summed E-state index contributed by atoms with van der Waals surface area (Å²) in [7, 11) is 0. The van der Waals surface area contributed by atoms with Gasteiger partial charge in [0.15, 0.2) is 0 Å². The van der Waals surface area contributed by atoms with Crippen LogP contribution in [0.2, 0.25) is 0 Å². The minimum Gasteiger partial charge on any atom is -0.481 e. The van der Waals surface area contributed by atoms with Crippen LogP contribution in [0.25, 0.3) is 0 Å². The molecule has 0 aromatic carbocycles. The van der Waals surface area contributed by atoms with Crippen LogP contribution in [-0.4, -0.2) is 22.3 Å². The Kier molecular flexibility index (Phi) is 17.3. The fraction of sp³-hybridized carbons (Fsp3) is 0.950. The van der Waals surface area contributed by atoms with Gasteiger partial charge in [-0.25, -0.2) is 0 Å². The molecule has 0 aromatic rings. The summed E-state index contributed by atoms with van der Waals surface area (Å²) in [4.78, 5) is 10.4. The van der Waals surface area contributed by atoms with Crippen molar-refractivity contribution >= 4 is 5.97 Å². The first-order chi connectivity index (χ1) is 11.2. The third-order valence-electron chi connectivity index (χ3n) is 4.57. The second-order valence-corrected chi connectivity index (χ2v) is 6.97. The summed E-state index contributed by atoms with van der Waals surface area (Å²) >= 11 is 0. The summed E-state index contributed by atoms with van der Waals surface area (Å²) < 4.78 is 0. The fourth-order valence-electron chi connectivity index (χ4n) is 3.02. The van der Waals surface area contributed by atoms with Crippen LogP contribution in [0.1, 0.15) is 116 Å². The largest absolute Gasteiger partial charge is 0.481 e. The van der Waals surface area contributed by atoms with Crippen molar-refractivity contribution in [2.45, 2.75) is 122 Å². The summed E-state index contributed by atoms with van der Waals surface area (Å²) in [6, 6.07) is 0. The average molecular weight is 329 g/mol. The lowest BCUT2D eigenvalue weighted by atomic mass is 10.0. The first-order valence-corrected chi connectivity index (χ1v) is 10.1. The van der Waals surface area contributed by atoms with Crippen LogP contribution >= 0.6 is 0 Å². The van der Waals surface area contributed by atoms with Crippen molar-refractivity contribution in [2.24, 2.45) is 0 Å². The van der Waals surface area contributed by atoms with Gasteiger partial charge in [0, 0.05) is 6.42 Å². The van der Waals surface area contributed by atoms with Gasteiger partial charge in [-0.2, -0.15) is 0 Å². The predicted molar refractivity (Wildman–Crippen MR) is 97.8 cm³/mol. The number of unbranched alkanes of at least 4 members (excludes halogenated alkanes) is 12. The monoisotopic (exact) mass is 328 g/mol. The number of aliphatic carboxylic acids is 1. The van der Waals surface area contributed by atoms with E-state index in [1.165, 1.54) is 77.0 Å². The van der Waals surface area contributed by atoms with Crippen LogP contribution in [0, 0.1) is 0 Å². The quantitative estimate of drug-likeness (QED) is 0.300. The number of carboxylic acid groups (broad SMARTS) is 1. The van der Waals surface area contributed by atoms with Gasteiger partial charge in [-0.1, -0.05) is 90.4 Å². The van der Waals surface area contributed by atoms with E-state index in [2.05, 4.69) is 6.92 Å². The van der Waals surface area contributed by atoms with Crippen molar-refractivity contribution < 1.29 is 15.0 Å². The average Bonchev–Trinajstić information content (AvgIpc) is 2.51. The minimum atomic E-state index is -0.668. The molecular weight excluding hydrogens is 288 g/mol. The molecule has 0 radical (unpaired) electrons. The van der Waals surface area contributed by atoms with Gasteiger partial charge in [0.1, 0.15) is 0 Å². The molecule has 0 heterocycles. The number of carboxylic acids is 1. The van der Waals surface area contributed by atoms with Crippen LogP contribution in [0.3, 0.4) is 0 Å². The molecule has 2 N–H and O–H groups in total. The first-order valence-electron chi connectivity index (χ1n) is 10.1. The highest BCUT2D eigenvalue weighted by atomic mass is 16.4. The maximum Gasteiger partial charge on any atom is 0.303 e. The zero-order chi connectivity index (χ0) is 17.2. The van der Waals surface area contributed by atoms with E-state index in [0.29, 0.717) is 6.42 Å². The fourth-order valence-corrected chi connectivity index (χ4v) is 3.02. The second-order valence-electron chi connectivity index (χ2n) is 6.97. The van der Waals surface area contributed by atoms with E-state index in [-0.39, 0.29) is 6.10 Å². The van der Waals surface area contributed by atoms with E-state index in [0.717, 1.165) is 25.7 Å². The first kappa shape index (κ1) is 22.4. The lowest BCUT2D eigenvalue weighted by molar-refractivity contribution is -0.137. The van der Waals surface area contributed by atoms with E-state index < -0.39 is 5.97 Å². The lowest BCUT2D eigenvalue weighted by Crippen LogP contribution is -2.05. The molecule has 0 saturated heterocycles. The molecule has 0 rings (SSSR count). The topological polar surface area (TPSA) is 57.5 Å². The van der Waals surface area contributed by atoms with E-state index in [4.69, 9.17) is 5.11 Å². The van der Waals surface area contributed by atoms with Crippen molar-refractivity contribution in [2.75, 3.05) is 0 Å². The van der Waals surface area contributed by atoms with E-state index in [1.807, 2.05) is 0 Å². The molecule has 3 nitrogen and oxygen atoms in total. The van der Waals surface area contributed by atoms with Crippen molar-refractivity contribution in [3.05, 3.63) is 0 Å². The summed E-state index contributed by atoms with van der Waals surface area (Å²) in [5, 5.41) is 18.4. The zero-order valence-corrected chi connectivity index (χ0v) is 15.4. The van der Waals surface area contributed by atoms with Crippen molar-refractivity contribution in [3.63, 3.8) is 0 Å². The third-order valence-corrected chi connectivity index (χ3v) is 4.57. The van der Waals surface area contributed by atoms with Crippen LogP contribution in [0.4, 0.5) is 0 Å². The van der Waals surface area contributed by atoms with Crippen molar-refractivity contribution in [1.82, 2.24) is 0 Å². The standard InChI is InChI=1S/C20H40O3/c1-2-3-13-16-19(21)17-14-11-9-7-5-4-6-8-10-12-15-18-20(22)23/h19,21H,2-18H2,1H3,(H,22,23). The Morgan fingerprint density at radius 3 is 1.52 bits per heavy atom. The molecule has 3 heteroatoms. The molecule has 1 unspecified atom stereocenters. The van der Waals surface area contributed by atoms with Crippen LogP contribution < -0.4 is 0 Å². The van der Waals surface area contributed by atoms with Gasteiger partial charge in [0.05, 0.1) is 6.10 Å². The molecule has 0 aliphatic heterocycles. The second kappa shape index (κ2) is 17.8. The number of aliphatic hydroxyl groups excluding tert-OH is 1. The van der Waals surface area contributed by atoms with Gasteiger partial charge in [0.25, 0.3) is 0 Å². The molecular formula is C20H40O3. The predicted octanol–water partition coefficient (Wildman–Crippen LogP) is 6.08. The number of carbonyl (C=O) groups is 1. The highest BCUT2D eigenvalue weighted by Crippen LogP contribution is 2.14. The maximum atomic E-state index is 10.4. The molecule has 0 bridgehead atoms. The summed E-state index contributed by atoms with van der Waals surface area (Å²) in [6.45, 7) is 2.20. The Labute approximate surface area is 143 Å². The molecule has 1 atom stereocenters.